The molecule has 4 rings (SSSR count). The van der Waals surface area contributed by atoms with Gasteiger partial charge in [-0.1, -0.05) is 13.0 Å². The predicted molar refractivity (Wildman–Crippen MR) is 102 cm³/mol. The van der Waals surface area contributed by atoms with Crippen LogP contribution >= 0.6 is 11.3 Å². The number of benzene rings is 1. The largest absolute Gasteiger partial charge is 0.366 e. The molecule has 25 heavy (non-hydrogen) atoms. The van der Waals surface area contributed by atoms with E-state index in [1.807, 2.05) is 12.1 Å². The van der Waals surface area contributed by atoms with E-state index in [2.05, 4.69) is 33.9 Å². The first-order valence-corrected chi connectivity index (χ1v) is 9.61. The lowest BCUT2D eigenvalue weighted by Crippen LogP contribution is -2.23. The van der Waals surface area contributed by atoms with Crippen molar-refractivity contribution < 1.29 is 4.79 Å². The van der Waals surface area contributed by atoms with Crippen LogP contribution in [0.5, 0.6) is 0 Å². The summed E-state index contributed by atoms with van der Waals surface area (Å²) in [5, 5.41) is 0. The van der Waals surface area contributed by atoms with Gasteiger partial charge in [-0.15, -0.1) is 11.3 Å². The number of nitrogens with two attached hydrogens (primary N) is 1. The van der Waals surface area contributed by atoms with E-state index in [1.54, 1.807) is 17.4 Å². The number of thiophene rings is 1. The highest BCUT2D eigenvalue weighted by atomic mass is 32.1. The first-order valence-electron chi connectivity index (χ1n) is 8.80. The summed E-state index contributed by atoms with van der Waals surface area (Å²) in [6.45, 7) is 4.59. The minimum Gasteiger partial charge on any atom is -0.366 e. The zero-order chi connectivity index (χ0) is 17.4. The zero-order valence-corrected chi connectivity index (χ0v) is 15.1. The molecule has 0 unspecified atom stereocenters. The van der Waals surface area contributed by atoms with E-state index in [-0.39, 0.29) is 0 Å². The molecular weight excluding hydrogens is 332 g/mol. The Hall–Kier alpha value is -2.18. The van der Waals surface area contributed by atoms with Gasteiger partial charge in [-0.05, 0) is 56.6 Å². The van der Waals surface area contributed by atoms with E-state index in [9.17, 15) is 4.79 Å². The molecule has 0 bridgehead atoms. The van der Waals surface area contributed by atoms with Crippen LogP contribution in [0, 0.1) is 0 Å². The second-order valence-electron chi connectivity index (χ2n) is 6.55. The first-order chi connectivity index (χ1) is 12.2. The van der Waals surface area contributed by atoms with Crippen molar-refractivity contribution in [3.05, 3.63) is 40.8 Å². The number of amides is 1. The van der Waals surface area contributed by atoms with Crippen LogP contribution in [-0.4, -0.2) is 33.9 Å². The third kappa shape index (κ3) is 2.96. The van der Waals surface area contributed by atoms with E-state index < -0.39 is 5.91 Å². The normalized spacial score (nSPS) is 18.2. The lowest BCUT2D eigenvalue weighted by Gasteiger charge is -2.22. The number of imidazole rings is 1. The monoisotopic (exact) mass is 354 g/mol. The molecule has 1 amide bonds. The standard InChI is InChI=1S/C19H22N4OS/c1-2-10-23-11-4-7-14(23)15-8-9-16(25-15)19-21-13-6-3-5-12(18(20)24)17(13)22-19/h3,5-6,8-9,14H,2,4,7,10-11H2,1H3,(H2,20,24)(H,21,22)/t14-/m1/s1. The number of fused-ring (bicyclic) bond motifs is 1. The fraction of sp³-hybridized carbons (Fsp3) is 0.368. The van der Waals surface area contributed by atoms with E-state index in [4.69, 9.17) is 5.73 Å². The maximum atomic E-state index is 11.6. The van der Waals surface area contributed by atoms with Gasteiger partial charge in [-0.3, -0.25) is 9.69 Å². The summed E-state index contributed by atoms with van der Waals surface area (Å²) in [5.74, 6) is 0.358. The Bertz CT molecular complexity index is 913. The second-order valence-corrected chi connectivity index (χ2v) is 7.66. The predicted octanol–water partition coefficient (Wildman–Crippen LogP) is 3.94. The average molecular weight is 354 g/mol. The molecule has 1 saturated heterocycles. The van der Waals surface area contributed by atoms with Gasteiger partial charge in [0.1, 0.15) is 11.3 Å². The van der Waals surface area contributed by atoms with E-state index in [0.717, 1.165) is 22.8 Å². The molecule has 0 aliphatic carbocycles. The molecule has 3 aromatic rings. The van der Waals surface area contributed by atoms with Crippen molar-refractivity contribution >= 4 is 28.3 Å². The number of rotatable bonds is 5. The van der Waals surface area contributed by atoms with Crippen molar-refractivity contribution in [2.45, 2.75) is 32.2 Å². The zero-order valence-electron chi connectivity index (χ0n) is 14.3. The van der Waals surface area contributed by atoms with Crippen molar-refractivity contribution in [2.75, 3.05) is 13.1 Å². The van der Waals surface area contributed by atoms with Gasteiger partial charge in [0.15, 0.2) is 0 Å². The molecule has 6 heteroatoms. The number of carbonyl (C=O) groups is 1. The number of nitrogens with one attached hydrogen (secondary N) is 1. The highest BCUT2D eigenvalue weighted by molar-refractivity contribution is 7.15. The van der Waals surface area contributed by atoms with Gasteiger partial charge in [0.05, 0.1) is 16.0 Å². The van der Waals surface area contributed by atoms with Crippen LogP contribution in [0.3, 0.4) is 0 Å². The highest BCUT2D eigenvalue weighted by Gasteiger charge is 2.26. The van der Waals surface area contributed by atoms with Crippen LogP contribution in [-0.2, 0) is 0 Å². The summed E-state index contributed by atoms with van der Waals surface area (Å²) in [6, 6.07) is 10.4. The third-order valence-corrected chi connectivity index (χ3v) is 6.03. The minimum absolute atomic E-state index is 0.448. The Balaban J connectivity index is 1.67. The molecule has 130 valence electrons. The molecule has 1 aromatic carbocycles. The molecule has 0 spiro atoms. The third-order valence-electron chi connectivity index (χ3n) is 4.84. The Labute approximate surface area is 150 Å². The van der Waals surface area contributed by atoms with Crippen LogP contribution in [0.1, 0.15) is 47.5 Å². The van der Waals surface area contributed by atoms with Crippen molar-refractivity contribution in [3.63, 3.8) is 0 Å². The maximum absolute atomic E-state index is 11.6. The fourth-order valence-corrected chi connectivity index (χ4v) is 4.83. The van der Waals surface area contributed by atoms with E-state index in [0.29, 0.717) is 17.1 Å². The minimum atomic E-state index is -0.448. The number of aromatic amines is 1. The molecule has 1 aliphatic heterocycles. The molecule has 5 nitrogen and oxygen atoms in total. The molecule has 0 radical (unpaired) electrons. The highest BCUT2D eigenvalue weighted by Crippen LogP contribution is 2.38. The lowest BCUT2D eigenvalue weighted by atomic mass is 10.2. The van der Waals surface area contributed by atoms with Gasteiger partial charge in [-0.2, -0.15) is 0 Å². The van der Waals surface area contributed by atoms with Gasteiger partial charge in [0.25, 0.3) is 5.91 Å². The lowest BCUT2D eigenvalue weighted by molar-refractivity contribution is 0.100. The summed E-state index contributed by atoms with van der Waals surface area (Å²) >= 11 is 1.79. The van der Waals surface area contributed by atoms with Gasteiger partial charge < -0.3 is 10.7 Å². The van der Waals surface area contributed by atoms with E-state index >= 15 is 0 Å². The smallest absolute Gasteiger partial charge is 0.250 e. The summed E-state index contributed by atoms with van der Waals surface area (Å²) in [7, 11) is 0. The van der Waals surface area contributed by atoms with Crippen LogP contribution in [0.2, 0.25) is 0 Å². The first kappa shape index (κ1) is 16.3. The Kier molecular flexibility index (Phi) is 4.31. The van der Waals surface area contributed by atoms with Crippen LogP contribution in [0.25, 0.3) is 21.7 Å². The topological polar surface area (TPSA) is 75.0 Å². The van der Waals surface area contributed by atoms with Gasteiger partial charge >= 0.3 is 0 Å². The molecule has 3 heterocycles. The van der Waals surface area contributed by atoms with Crippen molar-refractivity contribution in [3.8, 4) is 10.7 Å². The van der Waals surface area contributed by atoms with Gasteiger partial charge in [0.2, 0.25) is 0 Å². The molecule has 1 aliphatic rings. The summed E-state index contributed by atoms with van der Waals surface area (Å²) < 4.78 is 0. The number of likely N-dealkylation sites (tertiary alicyclic amines) is 1. The second kappa shape index (κ2) is 6.61. The fourth-order valence-electron chi connectivity index (χ4n) is 3.71. The molecule has 3 N–H and O–H groups in total. The number of H-pyrrole nitrogens is 1. The number of aromatic nitrogens is 2. The number of para-hydroxylation sites is 1. The van der Waals surface area contributed by atoms with Crippen LogP contribution < -0.4 is 5.73 Å². The SMILES string of the molecule is CCCN1CCC[C@@H]1c1ccc(-c2nc3c(C(N)=O)cccc3[nH]2)s1. The molecule has 1 fully saturated rings. The van der Waals surface area contributed by atoms with E-state index in [1.165, 1.54) is 30.7 Å². The van der Waals surface area contributed by atoms with Crippen molar-refractivity contribution in [1.82, 2.24) is 14.9 Å². The van der Waals surface area contributed by atoms with Crippen LogP contribution in [0.4, 0.5) is 0 Å². The molecule has 0 saturated carbocycles. The van der Waals surface area contributed by atoms with Gasteiger partial charge in [-0.25, -0.2) is 4.98 Å². The Morgan fingerprint density at radius 3 is 3.08 bits per heavy atom. The number of hydrogen-bond donors (Lipinski definition) is 2. The molecular formula is C19H22N4OS. The summed E-state index contributed by atoms with van der Waals surface area (Å²) in [6.07, 6.45) is 3.69. The Morgan fingerprint density at radius 1 is 1.40 bits per heavy atom. The quantitative estimate of drug-likeness (QED) is 0.729. The van der Waals surface area contributed by atoms with Crippen LogP contribution in [0.15, 0.2) is 30.3 Å². The Morgan fingerprint density at radius 2 is 2.28 bits per heavy atom. The van der Waals surface area contributed by atoms with Crippen molar-refractivity contribution in [1.29, 1.82) is 0 Å². The maximum Gasteiger partial charge on any atom is 0.250 e. The number of nitrogens with zero attached hydrogens (tertiary/aromatic N) is 2. The average Bonchev–Trinajstić information content (AvgIpc) is 3.32. The molecule has 2 aromatic heterocycles. The summed E-state index contributed by atoms with van der Waals surface area (Å²) in [5.41, 5.74) is 7.41. The van der Waals surface area contributed by atoms with Crippen molar-refractivity contribution in [2.24, 2.45) is 5.73 Å². The summed E-state index contributed by atoms with van der Waals surface area (Å²) in [4.78, 5) is 24.7. The van der Waals surface area contributed by atoms with Gasteiger partial charge in [0, 0.05) is 10.9 Å². The number of carbonyl (C=O) groups excluding carboxylic acids is 1. The number of hydrogen-bond acceptors (Lipinski definition) is 4. The number of primary amides is 1. The molecule has 1 atom stereocenters.